The Bertz CT molecular complexity index is 674. The molecule has 0 fully saturated rings. The average molecular weight is 366 g/mol. The smallest absolute Gasteiger partial charge is 0.305 e. The summed E-state index contributed by atoms with van der Waals surface area (Å²) in [7, 11) is 2.95. The van der Waals surface area contributed by atoms with Gasteiger partial charge in [0.15, 0.2) is 11.5 Å². The number of rotatable bonds is 9. The van der Waals surface area contributed by atoms with Crippen molar-refractivity contribution in [2.45, 2.75) is 32.7 Å². The van der Waals surface area contributed by atoms with E-state index in [4.69, 9.17) is 14.6 Å². The van der Waals surface area contributed by atoms with E-state index in [-0.39, 0.29) is 18.9 Å². The van der Waals surface area contributed by atoms with Gasteiger partial charge < -0.3 is 25.2 Å². The van der Waals surface area contributed by atoms with Gasteiger partial charge in [0.2, 0.25) is 5.91 Å². The van der Waals surface area contributed by atoms with Gasteiger partial charge in [-0.1, -0.05) is 13.8 Å². The molecule has 1 unspecified atom stereocenters. The molecule has 1 rings (SSSR count). The van der Waals surface area contributed by atoms with E-state index in [0.717, 1.165) is 0 Å². The van der Waals surface area contributed by atoms with Crippen molar-refractivity contribution in [1.29, 1.82) is 0 Å². The summed E-state index contributed by atoms with van der Waals surface area (Å²) in [6.07, 6.45) is -0.208. The van der Waals surface area contributed by atoms with Crippen LogP contribution in [0.25, 0.3) is 0 Å². The number of carboxylic acid groups (broad SMARTS) is 1. The Balaban J connectivity index is 2.72. The number of ether oxygens (including phenoxy) is 2. The summed E-state index contributed by atoms with van der Waals surface area (Å²) in [5.41, 5.74) is -0.593. The summed E-state index contributed by atoms with van der Waals surface area (Å²) in [5, 5.41) is 14.2. The van der Waals surface area contributed by atoms with E-state index in [0.29, 0.717) is 17.1 Å². The van der Waals surface area contributed by atoms with Crippen LogP contribution in [0.1, 0.15) is 37.6 Å². The maximum Gasteiger partial charge on any atom is 0.305 e. The van der Waals surface area contributed by atoms with Crippen molar-refractivity contribution in [2.75, 3.05) is 20.8 Å². The molecular formula is C18H26N2O6. The molecule has 2 amide bonds. The fourth-order valence-electron chi connectivity index (χ4n) is 2.31. The number of benzene rings is 1. The summed E-state index contributed by atoms with van der Waals surface area (Å²) in [5.74, 6) is -1.12. The minimum absolute atomic E-state index is 0.0934. The molecule has 0 aliphatic carbocycles. The lowest BCUT2D eigenvalue weighted by Gasteiger charge is -2.33. The lowest BCUT2D eigenvalue weighted by Crippen LogP contribution is -2.53. The maximum absolute atomic E-state index is 12.2. The lowest BCUT2D eigenvalue weighted by molar-refractivity contribution is -0.139. The number of hydrogen-bond donors (Lipinski definition) is 3. The molecule has 0 saturated heterocycles. The zero-order valence-electron chi connectivity index (χ0n) is 15.7. The Labute approximate surface area is 152 Å². The third-order valence-electron chi connectivity index (χ3n) is 4.27. The molecule has 1 aromatic rings. The highest BCUT2D eigenvalue weighted by molar-refractivity contribution is 5.97. The molecule has 26 heavy (non-hydrogen) atoms. The second kappa shape index (κ2) is 9.07. The zero-order valence-corrected chi connectivity index (χ0v) is 15.7. The first-order valence-corrected chi connectivity index (χ1v) is 8.16. The molecule has 0 aromatic heterocycles. The predicted octanol–water partition coefficient (Wildman–Crippen LogP) is 1.44. The number of methoxy groups -OCH3 is 2. The Kier molecular flexibility index (Phi) is 7.42. The summed E-state index contributed by atoms with van der Waals surface area (Å²) in [4.78, 5) is 35.4. The summed E-state index contributed by atoms with van der Waals surface area (Å²) >= 11 is 0. The highest BCUT2D eigenvalue weighted by Crippen LogP contribution is 2.27. The summed E-state index contributed by atoms with van der Waals surface area (Å²) in [6, 6.07) is 4.66. The fraction of sp³-hybridized carbons (Fsp3) is 0.500. The van der Waals surface area contributed by atoms with Crippen LogP contribution in [0.15, 0.2) is 18.2 Å². The van der Waals surface area contributed by atoms with Crippen LogP contribution in [-0.4, -0.2) is 49.2 Å². The number of aliphatic carboxylic acids is 1. The van der Waals surface area contributed by atoms with Crippen molar-refractivity contribution in [1.82, 2.24) is 10.6 Å². The van der Waals surface area contributed by atoms with Gasteiger partial charge in [0.25, 0.3) is 5.91 Å². The van der Waals surface area contributed by atoms with Crippen molar-refractivity contribution >= 4 is 17.8 Å². The first-order valence-electron chi connectivity index (χ1n) is 8.16. The van der Waals surface area contributed by atoms with Gasteiger partial charge in [0.05, 0.1) is 32.7 Å². The van der Waals surface area contributed by atoms with Gasteiger partial charge in [-0.05, 0) is 31.0 Å². The minimum atomic E-state index is -1.00. The van der Waals surface area contributed by atoms with E-state index in [1.54, 1.807) is 19.1 Å². The van der Waals surface area contributed by atoms with Gasteiger partial charge in [-0.15, -0.1) is 0 Å². The quantitative estimate of drug-likeness (QED) is 0.609. The fourth-order valence-corrected chi connectivity index (χ4v) is 2.31. The number of hydrogen-bond acceptors (Lipinski definition) is 5. The number of carboxylic acids is 1. The van der Waals surface area contributed by atoms with Crippen molar-refractivity contribution in [2.24, 2.45) is 5.92 Å². The van der Waals surface area contributed by atoms with E-state index in [2.05, 4.69) is 10.6 Å². The second-order valence-electron chi connectivity index (χ2n) is 6.44. The zero-order chi connectivity index (χ0) is 19.9. The standard InChI is InChI=1S/C18H26N2O6/c1-11(2)18(3,9-16(22)23)20-15(21)10-19-17(24)12-6-7-13(25-4)14(8-12)26-5/h6-8,11H,9-10H2,1-5H3,(H,19,24)(H,20,21)(H,22,23). The predicted molar refractivity (Wildman–Crippen MR) is 95.5 cm³/mol. The van der Waals surface area contributed by atoms with Crippen LogP contribution >= 0.6 is 0 Å². The molecule has 0 aliphatic rings. The van der Waals surface area contributed by atoms with Crippen molar-refractivity contribution in [3.05, 3.63) is 23.8 Å². The molecule has 0 radical (unpaired) electrons. The molecule has 0 bridgehead atoms. The average Bonchev–Trinajstić information content (AvgIpc) is 2.57. The first-order chi connectivity index (χ1) is 12.1. The van der Waals surface area contributed by atoms with E-state index in [1.165, 1.54) is 20.3 Å². The molecule has 0 saturated carbocycles. The molecule has 0 spiro atoms. The molecule has 8 nitrogen and oxygen atoms in total. The minimum Gasteiger partial charge on any atom is -0.493 e. The highest BCUT2D eigenvalue weighted by atomic mass is 16.5. The first kappa shape index (κ1) is 21.3. The van der Waals surface area contributed by atoms with Crippen LogP contribution in [0, 0.1) is 5.92 Å². The molecule has 3 N–H and O–H groups in total. The van der Waals surface area contributed by atoms with E-state index in [1.807, 2.05) is 13.8 Å². The monoisotopic (exact) mass is 366 g/mol. The van der Waals surface area contributed by atoms with Gasteiger partial charge in [-0.3, -0.25) is 14.4 Å². The Morgan fingerprint density at radius 2 is 1.77 bits per heavy atom. The van der Waals surface area contributed by atoms with Gasteiger partial charge >= 0.3 is 5.97 Å². The van der Waals surface area contributed by atoms with Crippen LogP contribution < -0.4 is 20.1 Å². The number of nitrogens with one attached hydrogen (secondary N) is 2. The largest absolute Gasteiger partial charge is 0.493 e. The Morgan fingerprint density at radius 3 is 2.27 bits per heavy atom. The third kappa shape index (κ3) is 5.65. The summed E-state index contributed by atoms with van der Waals surface area (Å²) < 4.78 is 10.3. The van der Waals surface area contributed by atoms with Crippen LogP contribution in [0.3, 0.4) is 0 Å². The second-order valence-corrected chi connectivity index (χ2v) is 6.44. The van der Waals surface area contributed by atoms with Crippen molar-refractivity contribution < 1.29 is 29.0 Å². The molecule has 8 heteroatoms. The number of carbonyl (C=O) groups excluding carboxylic acids is 2. The molecule has 144 valence electrons. The third-order valence-corrected chi connectivity index (χ3v) is 4.27. The topological polar surface area (TPSA) is 114 Å². The van der Waals surface area contributed by atoms with Gasteiger partial charge in [-0.2, -0.15) is 0 Å². The van der Waals surface area contributed by atoms with Crippen LogP contribution in [0.2, 0.25) is 0 Å². The molecule has 0 heterocycles. The summed E-state index contributed by atoms with van der Waals surface area (Å²) in [6.45, 7) is 5.05. The maximum atomic E-state index is 12.2. The number of amides is 2. The van der Waals surface area contributed by atoms with E-state index in [9.17, 15) is 14.4 Å². The van der Waals surface area contributed by atoms with Crippen molar-refractivity contribution in [3.8, 4) is 11.5 Å². The van der Waals surface area contributed by atoms with Gasteiger partial charge in [-0.25, -0.2) is 0 Å². The molecule has 1 aromatic carbocycles. The molecule has 0 aliphatic heterocycles. The Morgan fingerprint density at radius 1 is 1.15 bits per heavy atom. The van der Waals surface area contributed by atoms with Gasteiger partial charge in [0.1, 0.15) is 0 Å². The van der Waals surface area contributed by atoms with Crippen LogP contribution in [0.5, 0.6) is 11.5 Å². The van der Waals surface area contributed by atoms with E-state index < -0.39 is 23.3 Å². The number of carbonyl (C=O) groups is 3. The molecule has 1 atom stereocenters. The highest BCUT2D eigenvalue weighted by Gasteiger charge is 2.32. The lowest BCUT2D eigenvalue weighted by atomic mass is 9.85. The SMILES string of the molecule is COc1ccc(C(=O)NCC(=O)NC(C)(CC(=O)O)C(C)C)cc1OC. The van der Waals surface area contributed by atoms with Gasteiger partial charge in [0, 0.05) is 5.56 Å². The van der Waals surface area contributed by atoms with Crippen molar-refractivity contribution in [3.63, 3.8) is 0 Å². The van der Waals surface area contributed by atoms with E-state index >= 15 is 0 Å². The normalized spacial score (nSPS) is 12.8. The van der Waals surface area contributed by atoms with Crippen LogP contribution in [-0.2, 0) is 9.59 Å². The molecular weight excluding hydrogens is 340 g/mol. The van der Waals surface area contributed by atoms with Crippen LogP contribution in [0.4, 0.5) is 0 Å². The Hall–Kier alpha value is -2.77.